The second-order valence-electron chi connectivity index (χ2n) is 8.69. The number of carbonyl (C=O) groups excluding carboxylic acids is 2. The van der Waals surface area contributed by atoms with Gasteiger partial charge in [-0.3, -0.25) is 9.59 Å². The lowest BCUT2D eigenvalue weighted by Crippen LogP contribution is -2.51. The third kappa shape index (κ3) is 5.98. The van der Waals surface area contributed by atoms with Crippen LogP contribution in [0.5, 0.6) is 0 Å². The third-order valence-electron chi connectivity index (χ3n) is 6.09. The van der Waals surface area contributed by atoms with Gasteiger partial charge in [0.25, 0.3) is 0 Å². The molecule has 0 spiro atoms. The number of amides is 2. The molecule has 0 aliphatic carbocycles. The van der Waals surface area contributed by atoms with E-state index < -0.39 is 0 Å². The summed E-state index contributed by atoms with van der Waals surface area (Å²) in [5.74, 6) is 1.77. The van der Waals surface area contributed by atoms with Gasteiger partial charge in [0.1, 0.15) is 0 Å². The predicted molar refractivity (Wildman–Crippen MR) is 120 cm³/mol. The van der Waals surface area contributed by atoms with Crippen LogP contribution < -0.4 is 0 Å². The highest BCUT2D eigenvalue weighted by Crippen LogP contribution is 2.28. The number of thioether (sulfide) groups is 1. The number of rotatable bonds is 6. The molecule has 0 bridgehead atoms. The van der Waals surface area contributed by atoms with Gasteiger partial charge in [-0.2, -0.15) is 0 Å². The van der Waals surface area contributed by atoms with Gasteiger partial charge in [-0.25, -0.2) is 0 Å². The molecule has 3 rings (SSSR count). The Kier molecular flexibility index (Phi) is 8.01. The monoisotopic (exact) mass is 417 g/mol. The van der Waals surface area contributed by atoms with E-state index in [0.29, 0.717) is 24.9 Å². The number of piperidine rings is 1. The normalized spacial score (nSPS) is 20.1. The molecule has 160 valence electrons. The van der Waals surface area contributed by atoms with E-state index in [0.717, 1.165) is 44.8 Å². The van der Waals surface area contributed by atoms with Crippen LogP contribution in [-0.2, 0) is 15.3 Å². The first-order valence-electron chi connectivity index (χ1n) is 10.9. The van der Waals surface area contributed by atoms with Gasteiger partial charge in [0, 0.05) is 50.9 Å². The zero-order valence-electron chi connectivity index (χ0n) is 18.0. The number of hydrogen-bond acceptors (Lipinski definition) is 4. The maximum absolute atomic E-state index is 13.2. The number of piperazine rings is 1. The molecule has 1 unspecified atom stereocenters. The fraction of sp³-hybridized carbons (Fsp3) is 0.652. The Hall–Kier alpha value is -1.53. The number of likely N-dealkylation sites (tertiary alicyclic amines) is 1. The van der Waals surface area contributed by atoms with Crippen molar-refractivity contribution in [3.63, 3.8) is 0 Å². The lowest BCUT2D eigenvalue weighted by molar-refractivity contribution is -0.142. The SMILES string of the molecule is CC(C)C(SCc1ccccc1)C(=O)N1CCC(C(=O)N2CCN(C)CC2)CC1. The Bertz CT molecular complexity index is 666. The zero-order chi connectivity index (χ0) is 20.8. The zero-order valence-corrected chi connectivity index (χ0v) is 18.9. The maximum atomic E-state index is 13.2. The molecule has 1 aromatic carbocycles. The summed E-state index contributed by atoms with van der Waals surface area (Å²) in [6, 6.07) is 10.3. The van der Waals surface area contributed by atoms with Gasteiger partial charge >= 0.3 is 0 Å². The van der Waals surface area contributed by atoms with Crippen molar-refractivity contribution in [2.45, 2.75) is 37.7 Å². The maximum Gasteiger partial charge on any atom is 0.235 e. The molecule has 0 N–H and O–H groups in total. The molecule has 2 amide bonds. The summed E-state index contributed by atoms with van der Waals surface area (Å²) in [6.07, 6.45) is 1.59. The van der Waals surface area contributed by atoms with E-state index in [9.17, 15) is 9.59 Å². The van der Waals surface area contributed by atoms with Crippen molar-refractivity contribution in [2.75, 3.05) is 46.3 Å². The van der Waals surface area contributed by atoms with E-state index >= 15 is 0 Å². The first kappa shape index (κ1) is 22.2. The van der Waals surface area contributed by atoms with Crippen LogP contribution in [0.3, 0.4) is 0 Å². The van der Waals surface area contributed by atoms with Crippen molar-refractivity contribution in [1.82, 2.24) is 14.7 Å². The Labute approximate surface area is 179 Å². The van der Waals surface area contributed by atoms with Crippen LogP contribution in [0.4, 0.5) is 0 Å². The third-order valence-corrected chi connectivity index (χ3v) is 7.70. The summed E-state index contributed by atoms with van der Waals surface area (Å²) >= 11 is 1.74. The summed E-state index contributed by atoms with van der Waals surface area (Å²) in [6.45, 7) is 9.25. The van der Waals surface area contributed by atoms with Crippen LogP contribution >= 0.6 is 11.8 Å². The summed E-state index contributed by atoms with van der Waals surface area (Å²) < 4.78 is 0. The molecule has 5 nitrogen and oxygen atoms in total. The van der Waals surface area contributed by atoms with Crippen molar-refractivity contribution in [3.05, 3.63) is 35.9 Å². The lowest BCUT2D eigenvalue weighted by Gasteiger charge is -2.38. The second-order valence-corrected chi connectivity index (χ2v) is 9.82. The van der Waals surface area contributed by atoms with Crippen molar-refractivity contribution in [2.24, 2.45) is 11.8 Å². The molecular formula is C23H35N3O2S. The highest BCUT2D eigenvalue weighted by atomic mass is 32.2. The second kappa shape index (κ2) is 10.5. The Morgan fingerprint density at radius 2 is 1.59 bits per heavy atom. The van der Waals surface area contributed by atoms with E-state index in [1.807, 2.05) is 28.0 Å². The van der Waals surface area contributed by atoms with Crippen molar-refractivity contribution < 1.29 is 9.59 Å². The van der Waals surface area contributed by atoms with E-state index in [1.54, 1.807) is 11.8 Å². The van der Waals surface area contributed by atoms with Crippen LogP contribution in [0.25, 0.3) is 0 Å². The fourth-order valence-corrected chi connectivity index (χ4v) is 5.36. The molecule has 0 saturated carbocycles. The summed E-state index contributed by atoms with van der Waals surface area (Å²) in [4.78, 5) is 32.3. The quantitative estimate of drug-likeness (QED) is 0.714. The molecule has 0 aromatic heterocycles. The molecule has 2 aliphatic rings. The molecule has 1 atom stereocenters. The highest BCUT2D eigenvalue weighted by Gasteiger charge is 2.34. The first-order chi connectivity index (χ1) is 14.0. The number of hydrogen-bond donors (Lipinski definition) is 0. The smallest absolute Gasteiger partial charge is 0.235 e. The number of nitrogens with zero attached hydrogens (tertiary/aromatic N) is 3. The Balaban J connectivity index is 1.50. The van der Waals surface area contributed by atoms with Crippen LogP contribution in [0, 0.1) is 11.8 Å². The van der Waals surface area contributed by atoms with Gasteiger partial charge in [0.05, 0.1) is 5.25 Å². The Morgan fingerprint density at radius 1 is 0.966 bits per heavy atom. The van der Waals surface area contributed by atoms with E-state index in [-0.39, 0.29) is 17.1 Å². The molecule has 6 heteroatoms. The highest BCUT2D eigenvalue weighted by molar-refractivity contribution is 7.99. The van der Waals surface area contributed by atoms with Crippen LogP contribution in [-0.4, -0.2) is 78.1 Å². The van der Waals surface area contributed by atoms with Crippen LogP contribution in [0.2, 0.25) is 0 Å². The van der Waals surface area contributed by atoms with Crippen LogP contribution in [0.1, 0.15) is 32.3 Å². The molecule has 0 radical (unpaired) electrons. The van der Waals surface area contributed by atoms with E-state index in [1.165, 1.54) is 5.56 Å². The van der Waals surface area contributed by atoms with Gasteiger partial charge in [0.15, 0.2) is 0 Å². The minimum atomic E-state index is -0.0277. The van der Waals surface area contributed by atoms with Gasteiger partial charge in [-0.1, -0.05) is 44.2 Å². The molecule has 29 heavy (non-hydrogen) atoms. The number of benzene rings is 1. The predicted octanol–water partition coefficient (Wildman–Crippen LogP) is 2.96. The van der Waals surface area contributed by atoms with Crippen molar-refractivity contribution in [3.8, 4) is 0 Å². The van der Waals surface area contributed by atoms with E-state index in [4.69, 9.17) is 0 Å². The van der Waals surface area contributed by atoms with Gasteiger partial charge in [-0.05, 0) is 31.4 Å². The first-order valence-corrected chi connectivity index (χ1v) is 11.9. The molecule has 2 heterocycles. The van der Waals surface area contributed by atoms with Gasteiger partial charge in [-0.15, -0.1) is 11.8 Å². The number of likely N-dealkylation sites (N-methyl/N-ethyl adjacent to an activating group) is 1. The molecule has 2 saturated heterocycles. The number of carbonyl (C=O) groups is 2. The van der Waals surface area contributed by atoms with Crippen LogP contribution in [0.15, 0.2) is 30.3 Å². The lowest BCUT2D eigenvalue weighted by atomic mass is 9.94. The summed E-state index contributed by atoms with van der Waals surface area (Å²) in [7, 11) is 2.10. The van der Waals surface area contributed by atoms with E-state index in [2.05, 4.69) is 37.9 Å². The summed E-state index contributed by atoms with van der Waals surface area (Å²) in [5, 5.41) is -0.0277. The largest absolute Gasteiger partial charge is 0.342 e. The minimum Gasteiger partial charge on any atom is -0.342 e. The standard InChI is InChI=1S/C23H35N3O2S/c1-18(2)21(29-17-19-7-5-4-6-8-19)23(28)25-11-9-20(10-12-25)22(27)26-15-13-24(3)14-16-26/h4-8,18,20-21H,9-17H2,1-3H3. The molecule has 2 fully saturated rings. The average Bonchev–Trinajstić information content (AvgIpc) is 2.74. The minimum absolute atomic E-state index is 0.0277. The average molecular weight is 418 g/mol. The fourth-order valence-electron chi connectivity index (χ4n) is 4.12. The van der Waals surface area contributed by atoms with Gasteiger partial charge in [0.2, 0.25) is 11.8 Å². The topological polar surface area (TPSA) is 43.9 Å². The van der Waals surface area contributed by atoms with Crippen molar-refractivity contribution >= 4 is 23.6 Å². The molecular weight excluding hydrogens is 382 g/mol. The Morgan fingerprint density at radius 3 is 2.17 bits per heavy atom. The molecule has 2 aliphatic heterocycles. The molecule has 1 aromatic rings. The summed E-state index contributed by atoms with van der Waals surface area (Å²) in [5.41, 5.74) is 1.26. The van der Waals surface area contributed by atoms with Crippen molar-refractivity contribution in [1.29, 1.82) is 0 Å². The van der Waals surface area contributed by atoms with Gasteiger partial charge < -0.3 is 14.7 Å².